The van der Waals surface area contributed by atoms with Crippen molar-refractivity contribution in [2.45, 2.75) is 37.9 Å². The van der Waals surface area contributed by atoms with Crippen LogP contribution in [0.4, 0.5) is 0 Å². The second-order valence-electron chi connectivity index (χ2n) is 4.81. The Morgan fingerprint density at radius 1 is 1.42 bits per heavy atom. The Bertz CT molecular complexity index is 457. The topological polar surface area (TPSA) is 87.0 Å². The highest BCUT2D eigenvalue weighted by Crippen LogP contribution is 2.29. The standard InChI is InChI=1S/C14H18O5/c15-8-10(16)4-2-5-11-7-9-3-1-6-12(17)13(9)14(18)19-11/h1,3,6,10-11,15-17H,2,4-5,7-8H2/t10-,11-/m1/s1. The summed E-state index contributed by atoms with van der Waals surface area (Å²) < 4.78 is 5.27. The molecule has 2 atom stereocenters. The van der Waals surface area contributed by atoms with Crippen molar-refractivity contribution in [3.8, 4) is 5.75 Å². The number of fused-ring (bicyclic) bond motifs is 1. The molecule has 1 heterocycles. The summed E-state index contributed by atoms with van der Waals surface area (Å²) in [6.07, 6.45) is 1.43. The van der Waals surface area contributed by atoms with Gasteiger partial charge in [-0.05, 0) is 30.9 Å². The second-order valence-corrected chi connectivity index (χ2v) is 4.81. The van der Waals surface area contributed by atoms with Gasteiger partial charge in [-0.3, -0.25) is 0 Å². The molecule has 0 unspecified atom stereocenters. The molecule has 1 aromatic carbocycles. The second kappa shape index (κ2) is 6.04. The Kier molecular flexibility index (Phi) is 4.39. The van der Waals surface area contributed by atoms with Crippen molar-refractivity contribution in [3.63, 3.8) is 0 Å². The van der Waals surface area contributed by atoms with Gasteiger partial charge in [0, 0.05) is 6.42 Å². The van der Waals surface area contributed by atoms with Gasteiger partial charge in [-0.2, -0.15) is 0 Å². The van der Waals surface area contributed by atoms with Crippen LogP contribution in [-0.4, -0.2) is 40.1 Å². The fourth-order valence-corrected chi connectivity index (χ4v) is 2.32. The number of aromatic hydroxyl groups is 1. The van der Waals surface area contributed by atoms with Crippen molar-refractivity contribution >= 4 is 5.97 Å². The summed E-state index contributed by atoms with van der Waals surface area (Å²) in [5, 5.41) is 27.6. The third-order valence-corrected chi connectivity index (χ3v) is 3.33. The van der Waals surface area contributed by atoms with Gasteiger partial charge in [-0.15, -0.1) is 0 Å². The summed E-state index contributed by atoms with van der Waals surface area (Å²) in [5.41, 5.74) is 1.05. The number of rotatable bonds is 5. The third-order valence-electron chi connectivity index (χ3n) is 3.33. The smallest absolute Gasteiger partial charge is 0.342 e. The predicted molar refractivity (Wildman–Crippen MR) is 68.0 cm³/mol. The van der Waals surface area contributed by atoms with Crippen LogP contribution in [0.5, 0.6) is 5.75 Å². The number of cyclic esters (lactones) is 1. The first-order chi connectivity index (χ1) is 9.11. The number of carbonyl (C=O) groups excluding carboxylic acids is 1. The molecule has 0 saturated heterocycles. The first kappa shape index (κ1) is 13.8. The van der Waals surface area contributed by atoms with Crippen LogP contribution in [0.1, 0.15) is 35.2 Å². The van der Waals surface area contributed by atoms with E-state index in [-0.39, 0.29) is 24.0 Å². The molecule has 3 N–H and O–H groups in total. The lowest BCUT2D eigenvalue weighted by atomic mass is 9.95. The van der Waals surface area contributed by atoms with Crippen molar-refractivity contribution < 1.29 is 24.9 Å². The van der Waals surface area contributed by atoms with E-state index in [1.165, 1.54) is 6.07 Å². The highest BCUT2D eigenvalue weighted by molar-refractivity contribution is 5.95. The van der Waals surface area contributed by atoms with Crippen LogP contribution in [-0.2, 0) is 11.2 Å². The number of phenols is 1. The van der Waals surface area contributed by atoms with Crippen LogP contribution in [0.15, 0.2) is 18.2 Å². The largest absolute Gasteiger partial charge is 0.507 e. The zero-order chi connectivity index (χ0) is 13.8. The van der Waals surface area contributed by atoms with Gasteiger partial charge in [0.05, 0.1) is 12.7 Å². The molecular weight excluding hydrogens is 248 g/mol. The normalized spacial score (nSPS) is 19.7. The Morgan fingerprint density at radius 2 is 2.21 bits per heavy atom. The maximum atomic E-state index is 11.8. The van der Waals surface area contributed by atoms with E-state index in [0.717, 1.165) is 5.56 Å². The molecule has 0 saturated carbocycles. The lowest BCUT2D eigenvalue weighted by Gasteiger charge is -2.25. The van der Waals surface area contributed by atoms with Gasteiger partial charge in [-0.25, -0.2) is 4.79 Å². The zero-order valence-electron chi connectivity index (χ0n) is 10.6. The van der Waals surface area contributed by atoms with E-state index in [2.05, 4.69) is 0 Å². The van der Waals surface area contributed by atoms with Gasteiger partial charge in [0.1, 0.15) is 17.4 Å². The molecule has 5 nitrogen and oxygen atoms in total. The maximum absolute atomic E-state index is 11.8. The summed E-state index contributed by atoms with van der Waals surface area (Å²) in [6, 6.07) is 4.99. The van der Waals surface area contributed by atoms with Crippen molar-refractivity contribution in [1.29, 1.82) is 0 Å². The number of hydrogen-bond donors (Lipinski definition) is 3. The van der Waals surface area contributed by atoms with Crippen molar-refractivity contribution in [2.24, 2.45) is 0 Å². The maximum Gasteiger partial charge on any atom is 0.342 e. The molecule has 0 aliphatic carbocycles. The number of esters is 1. The Morgan fingerprint density at radius 3 is 2.95 bits per heavy atom. The minimum Gasteiger partial charge on any atom is -0.507 e. The van der Waals surface area contributed by atoms with E-state index >= 15 is 0 Å². The minimum atomic E-state index is -0.712. The highest BCUT2D eigenvalue weighted by atomic mass is 16.5. The molecule has 0 fully saturated rings. The number of hydrogen-bond acceptors (Lipinski definition) is 5. The monoisotopic (exact) mass is 266 g/mol. The van der Waals surface area contributed by atoms with Crippen LogP contribution in [0, 0.1) is 0 Å². The number of benzene rings is 1. The molecule has 0 aromatic heterocycles. The van der Waals surface area contributed by atoms with Crippen molar-refractivity contribution in [3.05, 3.63) is 29.3 Å². The molecule has 2 rings (SSSR count). The molecule has 0 bridgehead atoms. The van der Waals surface area contributed by atoms with Gasteiger partial charge in [-0.1, -0.05) is 12.1 Å². The molecule has 0 amide bonds. The highest BCUT2D eigenvalue weighted by Gasteiger charge is 2.28. The molecule has 19 heavy (non-hydrogen) atoms. The zero-order valence-corrected chi connectivity index (χ0v) is 10.6. The molecule has 1 aliphatic rings. The third kappa shape index (κ3) is 3.24. The average molecular weight is 266 g/mol. The lowest BCUT2D eigenvalue weighted by molar-refractivity contribution is 0.0209. The summed E-state index contributed by atoms with van der Waals surface area (Å²) >= 11 is 0. The summed E-state index contributed by atoms with van der Waals surface area (Å²) in [7, 11) is 0. The van der Waals surface area contributed by atoms with Crippen molar-refractivity contribution in [1.82, 2.24) is 0 Å². The average Bonchev–Trinajstić information content (AvgIpc) is 2.38. The van der Waals surface area contributed by atoms with Gasteiger partial charge in [0.15, 0.2) is 0 Å². The quantitative estimate of drug-likeness (QED) is 0.692. The van der Waals surface area contributed by atoms with Gasteiger partial charge in [0.2, 0.25) is 0 Å². The van der Waals surface area contributed by atoms with E-state index in [9.17, 15) is 15.0 Å². The molecule has 5 heteroatoms. The summed E-state index contributed by atoms with van der Waals surface area (Å²) in [6.45, 7) is -0.249. The van der Waals surface area contributed by atoms with E-state index in [0.29, 0.717) is 25.7 Å². The van der Waals surface area contributed by atoms with E-state index < -0.39 is 12.1 Å². The van der Waals surface area contributed by atoms with Crippen LogP contribution >= 0.6 is 0 Å². The predicted octanol–water partition coefficient (Wildman–Crippen LogP) is 0.997. The number of ether oxygens (including phenoxy) is 1. The van der Waals surface area contributed by atoms with Crippen LogP contribution in [0.2, 0.25) is 0 Å². The van der Waals surface area contributed by atoms with Gasteiger partial charge in [0.25, 0.3) is 0 Å². The fraction of sp³-hybridized carbons (Fsp3) is 0.500. The fourth-order valence-electron chi connectivity index (χ4n) is 2.32. The lowest BCUT2D eigenvalue weighted by Crippen LogP contribution is -2.28. The van der Waals surface area contributed by atoms with Gasteiger partial charge >= 0.3 is 5.97 Å². The summed E-state index contributed by atoms with van der Waals surface area (Å²) in [5.74, 6) is -0.538. The van der Waals surface area contributed by atoms with Crippen LogP contribution < -0.4 is 0 Å². The van der Waals surface area contributed by atoms with E-state index in [1.807, 2.05) is 6.07 Å². The Balaban J connectivity index is 1.96. The molecular formula is C14H18O5. The Labute approximate surface area is 111 Å². The minimum absolute atomic E-state index is 0.0448. The number of aliphatic hydroxyl groups excluding tert-OH is 2. The first-order valence-corrected chi connectivity index (χ1v) is 6.42. The van der Waals surface area contributed by atoms with E-state index in [4.69, 9.17) is 9.84 Å². The van der Waals surface area contributed by atoms with Crippen LogP contribution in [0.3, 0.4) is 0 Å². The molecule has 1 aliphatic heterocycles. The number of carbonyl (C=O) groups is 1. The number of phenolic OH excluding ortho intramolecular Hbond substituents is 1. The van der Waals surface area contributed by atoms with Crippen LogP contribution in [0.25, 0.3) is 0 Å². The summed E-state index contributed by atoms with van der Waals surface area (Å²) in [4.78, 5) is 11.8. The Hall–Kier alpha value is -1.59. The molecule has 0 radical (unpaired) electrons. The molecule has 104 valence electrons. The molecule has 1 aromatic rings. The number of aliphatic hydroxyl groups is 2. The van der Waals surface area contributed by atoms with Crippen molar-refractivity contribution in [2.75, 3.05) is 6.61 Å². The SMILES string of the molecule is O=C1O[C@H](CCC[C@@H](O)CO)Cc2cccc(O)c21. The van der Waals surface area contributed by atoms with E-state index in [1.54, 1.807) is 6.07 Å². The van der Waals surface area contributed by atoms with Gasteiger partial charge < -0.3 is 20.1 Å². The molecule has 0 spiro atoms. The first-order valence-electron chi connectivity index (χ1n) is 6.42.